The molecule has 0 aliphatic carbocycles. The number of anilines is 1. The molecule has 0 aliphatic heterocycles. The third-order valence-corrected chi connectivity index (χ3v) is 5.66. The highest BCUT2D eigenvalue weighted by molar-refractivity contribution is 7.19. The molecule has 4 rings (SSSR count). The van der Waals surface area contributed by atoms with E-state index in [-0.39, 0.29) is 5.56 Å². The average Bonchev–Trinajstić information content (AvgIpc) is 3.44. The first-order valence-electron chi connectivity index (χ1n) is 8.86. The van der Waals surface area contributed by atoms with Gasteiger partial charge in [-0.05, 0) is 48.0 Å². The molecule has 3 heterocycles. The number of hydrogen-bond donors (Lipinski definition) is 2. The summed E-state index contributed by atoms with van der Waals surface area (Å²) in [6.45, 7) is 0.369. The van der Waals surface area contributed by atoms with Crippen LogP contribution in [0.4, 0.5) is 5.82 Å². The molecule has 0 unspecified atom stereocenters. The number of hydrogen-bond acceptors (Lipinski definition) is 6. The summed E-state index contributed by atoms with van der Waals surface area (Å²) in [6, 6.07) is 17.8. The van der Waals surface area contributed by atoms with Gasteiger partial charge in [0.2, 0.25) is 0 Å². The van der Waals surface area contributed by atoms with E-state index in [2.05, 4.69) is 16.4 Å². The van der Waals surface area contributed by atoms with E-state index in [0.717, 1.165) is 10.4 Å². The van der Waals surface area contributed by atoms with Crippen LogP contribution in [0.5, 0.6) is 0 Å². The van der Waals surface area contributed by atoms with Gasteiger partial charge in [0.15, 0.2) is 0 Å². The smallest absolute Gasteiger partial charge is 0.335 e. The van der Waals surface area contributed by atoms with Crippen LogP contribution in [0.15, 0.2) is 65.3 Å². The Hall–Kier alpha value is -3.60. The van der Waals surface area contributed by atoms with E-state index in [1.54, 1.807) is 36.6 Å². The van der Waals surface area contributed by atoms with Gasteiger partial charge in [-0.1, -0.05) is 23.7 Å². The summed E-state index contributed by atoms with van der Waals surface area (Å²) in [5.74, 6) is -0.00621. The van der Waals surface area contributed by atoms with Crippen molar-refractivity contribution >= 4 is 34.7 Å². The Kier molecular flexibility index (Phi) is 5.53. The number of aromatic carboxylic acids is 1. The number of furan rings is 1. The third kappa shape index (κ3) is 4.06. The zero-order valence-electron chi connectivity index (χ0n) is 15.4. The van der Waals surface area contributed by atoms with Gasteiger partial charge in [0.25, 0.3) is 0 Å². The normalized spacial score (nSPS) is 10.5. The van der Waals surface area contributed by atoms with E-state index in [4.69, 9.17) is 21.1 Å². The summed E-state index contributed by atoms with van der Waals surface area (Å²) < 4.78 is 6.17. The number of carbonyl (C=O) groups is 1. The molecular formula is C22H14ClN3O3S. The van der Waals surface area contributed by atoms with Crippen molar-refractivity contribution in [2.24, 2.45) is 0 Å². The van der Waals surface area contributed by atoms with Gasteiger partial charge in [0.1, 0.15) is 23.2 Å². The zero-order valence-corrected chi connectivity index (χ0v) is 17.0. The molecule has 0 fully saturated rings. The third-order valence-electron chi connectivity index (χ3n) is 4.40. The first-order valence-corrected chi connectivity index (χ1v) is 10.1. The number of rotatable bonds is 6. The van der Waals surface area contributed by atoms with Crippen molar-refractivity contribution in [3.05, 3.63) is 81.9 Å². The van der Waals surface area contributed by atoms with Crippen LogP contribution in [0.25, 0.3) is 21.9 Å². The predicted octanol–water partition coefficient (Wildman–Crippen LogP) is 5.91. The molecule has 3 aromatic heterocycles. The SMILES string of the molecule is N#Cc1c(-c2ccco2)cc(-c2ccc(Cl)s2)nc1NCc1ccc(C(=O)O)cc1. The maximum atomic E-state index is 11.0. The second kappa shape index (κ2) is 8.41. The van der Waals surface area contributed by atoms with Gasteiger partial charge >= 0.3 is 5.97 Å². The van der Waals surface area contributed by atoms with Crippen molar-refractivity contribution in [1.82, 2.24) is 4.98 Å². The van der Waals surface area contributed by atoms with E-state index in [0.29, 0.717) is 39.3 Å². The largest absolute Gasteiger partial charge is 0.478 e. The summed E-state index contributed by atoms with van der Waals surface area (Å²) in [5.41, 5.74) is 2.72. The van der Waals surface area contributed by atoms with Crippen LogP contribution < -0.4 is 5.32 Å². The molecule has 148 valence electrons. The fraction of sp³-hybridized carbons (Fsp3) is 0.0455. The predicted molar refractivity (Wildman–Crippen MR) is 116 cm³/mol. The van der Waals surface area contributed by atoms with Gasteiger partial charge in [-0.15, -0.1) is 11.3 Å². The minimum absolute atomic E-state index is 0.214. The van der Waals surface area contributed by atoms with E-state index < -0.39 is 5.97 Å². The molecule has 30 heavy (non-hydrogen) atoms. The van der Waals surface area contributed by atoms with Crippen LogP contribution >= 0.6 is 22.9 Å². The number of nitriles is 1. The Labute approximate surface area is 181 Å². The highest BCUT2D eigenvalue weighted by Gasteiger charge is 2.18. The molecule has 1 aromatic carbocycles. The van der Waals surface area contributed by atoms with Gasteiger partial charge in [-0.2, -0.15) is 5.26 Å². The first-order chi connectivity index (χ1) is 14.5. The van der Waals surface area contributed by atoms with Crippen molar-refractivity contribution < 1.29 is 14.3 Å². The second-order valence-electron chi connectivity index (χ2n) is 6.33. The summed E-state index contributed by atoms with van der Waals surface area (Å²) in [4.78, 5) is 16.5. The lowest BCUT2D eigenvalue weighted by Gasteiger charge is -2.12. The molecule has 6 nitrogen and oxygen atoms in total. The fourth-order valence-corrected chi connectivity index (χ4v) is 3.95. The number of pyridine rings is 1. The van der Waals surface area contributed by atoms with E-state index in [1.165, 1.54) is 23.5 Å². The number of carboxylic acid groups (broad SMARTS) is 1. The van der Waals surface area contributed by atoms with E-state index in [9.17, 15) is 10.1 Å². The van der Waals surface area contributed by atoms with Gasteiger partial charge in [0.05, 0.1) is 26.7 Å². The average molecular weight is 436 g/mol. The molecule has 0 saturated heterocycles. The van der Waals surface area contributed by atoms with Crippen molar-refractivity contribution in [3.63, 3.8) is 0 Å². The second-order valence-corrected chi connectivity index (χ2v) is 8.04. The minimum Gasteiger partial charge on any atom is -0.478 e. The van der Waals surface area contributed by atoms with Gasteiger partial charge in [0, 0.05) is 12.1 Å². The van der Waals surface area contributed by atoms with E-state index >= 15 is 0 Å². The van der Waals surface area contributed by atoms with Crippen molar-refractivity contribution in [2.45, 2.75) is 6.54 Å². The lowest BCUT2D eigenvalue weighted by atomic mass is 10.1. The topological polar surface area (TPSA) is 99.2 Å². The molecule has 0 radical (unpaired) electrons. The summed E-state index contributed by atoms with van der Waals surface area (Å²) in [6.07, 6.45) is 1.55. The molecule has 0 atom stereocenters. The minimum atomic E-state index is -0.978. The van der Waals surface area contributed by atoms with Crippen LogP contribution in [0.1, 0.15) is 21.5 Å². The van der Waals surface area contributed by atoms with Crippen molar-refractivity contribution in [1.29, 1.82) is 5.26 Å². The number of nitrogens with zero attached hydrogens (tertiary/aromatic N) is 2. The van der Waals surface area contributed by atoms with Crippen molar-refractivity contribution in [3.8, 4) is 28.0 Å². The lowest BCUT2D eigenvalue weighted by Crippen LogP contribution is -2.06. The quantitative estimate of drug-likeness (QED) is 0.390. The molecule has 4 aromatic rings. The van der Waals surface area contributed by atoms with Gasteiger partial charge < -0.3 is 14.8 Å². The maximum Gasteiger partial charge on any atom is 0.335 e. The number of nitrogens with one attached hydrogen (secondary N) is 1. The van der Waals surface area contributed by atoms with E-state index in [1.807, 2.05) is 12.1 Å². The molecule has 2 N–H and O–H groups in total. The monoisotopic (exact) mass is 435 g/mol. The molecule has 8 heteroatoms. The number of aromatic nitrogens is 1. The molecule has 0 amide bonds. The Morgan fingerprint density at radius 2 is 2.03 bits per heavy atom. The molecule has 0 aliphatic rings. The first kappa shape index (κ1) is 19.7. The molecule has 0 saturated carbocycles. The number of thiophene rings is 1. The Morgan fingerprint density at radius 1 is 1.23 bits per heavy atom. The zero-order chi connectivity index (χ0) is 21.1. The van der Waals surface area contributed by atoms with Crippen LogP contribution in [0, 0.1) is 11.3 Å². The molecular weight excluding hydrogens is 422 g/mol. The Morgan fingerprint density at radius 3 is 2.63 bits per heavy atom. The summed E-state index contributed by atoms with van der Waals surface area (Å²) in [7, 11) is 0. The maximum absolute atomic E-state index is 11.0. The molecule has 0 spiro atoms. The lowest BCUT2D eigenvalue weighted by molar-refractivity contribution is 0.0697. The highest BCUT2D eigenvalue weighted by atomic mass is 35.5. The highest BCUT2D eigenvalue weighted by Crippen LogP contribution is 2.36. The van der Waals surface area contributed by atoms with Crippen molar-refractivity contribution in [2.75, 3.05) is 5.32 Å². The number of halogens is 1. The number of benzene rings is 1. The summed E-state index contributed by atoms with van der Waals surface area (Å²) in [5, 5.41) is 22.0. The Balaban J connectivity index is 1.72. The standard InChI is InChI=1S/C22H14ClN3O3S/c23-20-8-7-19(30-20)17-10-15(18-2-1-9-29-18)16(11-24)21(26-17)25-12-13-3-5-14(6-4-13)22(27)28/h1-10H,12H2,(H,25,26)(H,27,28). The van der Waals surface area contributed by atoms with Crippen LogP contribution in [-0.4, -0.2) is 16.1 Å². The van der Waals surface area contributed by atoms with Crippen LogP contribution in [0.3, 0.4) is 0 Å². The Bertz CT molecular complexity index is 1240. The fourth-order valence-electron chi connectivity index (χ4n) is 2.94. The van der Waals surface area contributed by atoms with Crippen LogP contribution in [-0.2, 0) is 6.54 Å². The number of carboxylic acids is 1. The van der Waals surface area contributed by atoms with Crippen LogP contribution in [0.2, 0.25) is 4.34 Å². The van der Waals surface area contributed by atoms with Gasteiger partial charge in [-0.25, -0.2) is 9.78 Å². The molecule has 0 bridgehead atoms. The summed E-state index contributed by atoms with van der Waals surface area (Å²) >= 11 is 7.48. The van der Waals surface area contributed by atoms with Gasteiger partial charge in [-0.3, -0.25) is 0 Å².